The van der Waals surface area contributed by atoms with Crippen LogP contribution in [0, 0.1) is 0 Å². The quantitative estimate of drug-likeness (QED) is 0.749. The van der Waals surface area contributed by atoms with E-state index in [1.54, 1.807) is 0 Å². The highest BCUT2D eigenvalue weighted by atomic mass is 16.5. The van der Waals surface area contributed by atoms with E-state index in [1.807, 2.05) is 22.8 Å². The minimum absolute atomic E-state index is 0.0431. The first kappa shape index (κ1) is 16.6. The molecule has 0 unspecified atom stereocenters. The highest BCUT2D eigenvalue weighted by Crippen LogP contribution is 2.35. The Bertz CT molecular complexity index is 1060. The highest BCUT2D eigenvalue weighted by Gasteiger charge is 2.36. The summed E-state index contributed by atoms with van der Waals surface area (Å²) in [6.45, 7) is 0.754. The summed E-state index contributed by atoms with van der Waals surface area (Å²) >= 11 is 0. The van der Waals surface area contributed by atoms with Crippen LogP contribution in [0.1, 0.15) is 56.6 Å². The molecule has 0 bridgehead atoms. The molecular weight excluding hydrogens is 342 g/mol. The SMILES string of the molecule is NC1(c2noc(-c3ccc4c(=O)n5c(nc4c3)CCCCC5)n2)CCCC1. The van der Waals surface area contributed by atoms with Crippen LogP contribution in [0.5, 0.6) is 0 Å². The fourth-order valence-electron chi connectivity index (χ4n) is 4.32. The molecule has 7 heteroatoms. The van der Waals surface area contributed by atoms with Crippen LogP contribution < -0.4 is 11.3 Å². The Balaban J connectivity index is 1.57. The highest BCUT2D eigenvalue weighted by molar-refractivity contribution is 5.82. The molecule has 0 atom stereocenters. The van der Waals surface area contributed by atoms with Crippen molar-refractivity contribution >= 4 is 10.9 Å². The van der Waals surface area contributed by atoms with E-state index in [0.29, 0.717) is 22.6 Å². The van der Waals surface area contributed by atoms with Gasteiger partial charge in [-0.2, -0.15) is 4.98 Å². The van der Waals surface area contributed by atoms with Gasteiger partial charge in [0.2, 0.25) is 0 Å². The molecule has 3 aromatic rings. The van der Waals surface area contributed by atoms with E-state index in [-0.39, 0.29) is 5.56 Å². The Morgan fingerprint density at radius 2 is 1.93 bits per heavy atom. The third-order valence-electron chi connectivity index (χ3n) is 5.93. The van der Waals surface area contributed by atoms with Crippen molar-refractivity contribution in [2.45, 2.75) is 63.5 Å². The first-order valence-electron chi connectivity index (χ1n) is 9.81. The van der Waals surface area contributed by atoms with Gasteiger partial charge < -0.3 is 10.3 Å². The summed E-state index contributed by atoms with van der Waals surface area (Å²) in [5, 5.41) is 4.76. The van der Waals surface area contributed by atoms with Gasteiger partial charge in [-0.25, -0.2) is 4.98 Å². The van der Waals surface area contributed by atoms with Gasteiger partial charge in [0.15, 0.2) is 5.82 Å². The van der Waals surface area contributed by atoms with Gasteiger partial charge in [0.1, 0.15) is 5.82 Å². The molecule has 0 spiro atoms. The fourth-order valence-corrected chi connectivity index (χ4v) is 4.32. The molecule has 7 nitrogen and oxygen atoms in total. The van der Waals surface area contributed by atoms with Crippen LogP contribution in [-0.2, 0) is 18.5 Å². The summed E-state index contributed by atoms with van der Waals surface area (Å²) in [6, 6.07) is 5.54. The van der Waals surface area contributed by atoms with Crippen molar-refractivity contribution < 1.29 is 4.52 Å². The van der Waals surface area contributed by atoms with Gasteiger partial charge in [-0.05, 0) is 43.9 Å². The second-order valence-electron chi connectivity index (χ2n) is 7.81. The molecule has 1 aliphatic heterocycles. The van der Waals surface area contributed by atoms with E-state index in [2.05, 4.69) is 10.1 Å². The lowest BCUT2D eigenvalue weighted by molar-refractivity contribution is 0.372. The summed E-state index contributed by atoms with van der Waals surface area (Å²) in [6.07, 6.45) is 8.03. The van der Waals surface area contributed by atoms with Crippen LogP contribution >= 0.6 is 0 Å². The number of nitrogens with two attached hydrogens (primary N) is 1. The van der Waals surface area contributed by atoms with Crippen molar-refractivity contribution in [3.8, 4) is 11.5 Å². The first-order valence-corrected chi connectivity index (χ1v) is 9.81. The van der Waals surface area contributed by atoms with E-state index < -0.39 is 5.54 Å². The molecule has 1 fully saturated rings. The molecule has 0 amide bonds. The van der Waals surface area contributed by atoms with Gasteiger partial charge in [0.25, 0.3) is 11.4 Å². The summed E-state index contributed by atoms with van der Waals surface area (Å²) in [5.74, 6) is 1.88. The summed E-state index contributed by atoms with van der Waals surface area (Å²) in [7, 11) is 0. The van der Waals surface area contributed by atoms with E-state index in [9.17, 15) is 4.79 Å². The average molecular weight is 365 g/mol. The molecule has 27 heavy (non-hydrogen) atoms. The number of rotatable bonds is 2. The lowest BCUT2D eigenvalue weighted by Gasteiger charge is -2.17. The van der Waals surface area contributed by atoms with Gasteiger partial charge >= 0.3 is 0 Å². The Morgan fingerprint density at radius 1 is 1.07 bits per heavy atom. The van der Waals surface area contributed by atoms with Crippen LogP contribution in [0.2, 0.25) is 0 Å². The van der Waals surface area contributed by atoms with E-state index in [0.717, 1.165) is 69.3 Å². The molecule has 0 saturated heterocycles. The maximum Gasteiger partial charge on any atom is 0.261 e. The third-order valence-corrected chi connectivity index (χ3v) is 5.93. The van der Waals surface area contributed by atoms with Crippen LogP contribution in [-0.4, -0.2) is 19.7 Å². The lowest BCUT2D eigenvalue weighted by atomic mass is 9.99. The predicted octanol–water partition coefficient (Wildman–Crippen LogP) is 2.90. The summed E-state index contributed by atoms with van der Waals surface area (Å²) in [5.41, 5.74) is 7.46. The Morgan fingerprint density at radius 3 is 2.78 bits per heavy atom. The van der Waals surface area contributed by atoms with E-state index in [4.69, 9.17) is 15.2 Å². The Labute approximate surface area is 156 Å². The molecule has 3 heterocycles. The number of benzene rings is 1. The molecule has 5 rings (SSSR count). The molecular formula is C20H23N5O2. The average Bonchev–Trinajstić information content (AvgIpc) is 3.28. The van der Waals surface area contributed by atoms with Crippen LogP contribution in [0.25, 0.3) is 22.4 Å². The smallest absolute Gasteiger partial charge is 0.261 e. The number of hydrogen-bond acceptors (Lipinski definition) is 6. The maximum atomic E-state index is 12.8. The molecule has 0 radical (unpaired) electrons. The van der Waals surface area contributed by atoms with E-state index >= 15 is 0 Å². The zero-order valence-electron chi connectivity index (χ0n) is 15.3. The van der Waals surface area contributed by atoms with Crippen LogP contribution in [0.4, 0.5) is 0 Å². The predicted molar refractivity (Wildman–Crippen MR) is 101 cm³/mol. The zero-order valence-corrected chi connectivity index (χ0v) is 15.3. The summed E-state index contributed by atoms with van der Waals surface area (Å²) in [4.78, 5) is 22.2. The number of hydrogen-bond donors (Lipinski definition) is 1. The molecule has 1 saturated carbocycles. The topological polar surface area (TPSA) is 99.8 Å². The van der Waals surface area contributed by atoms with Crippen molar-refractivity contribution in [2.24, 2.45) is 5.73 Å². The van der Waals surface area contributed by atoms with Crippen LogP contribution in [0.15, 0.2) is 27.5 Å². The zero-order chi connectivity index (χ0) is 18.4. The van der Waals surface area contributed by atoms with Crippen LogP contribution in [0.3, 0.4) is 0 Å². The molecule has 1 aromatic carbocycles. The largest absolute Gasteiger partial charge is 0.334 e. The minimum atomic E-state index is -0.479. The number of nitrogens with zero attached hydrogens (tertiary/aromatic N) is 4. The molecule has 2 N–H and O–H groups in total. The second-order valence-corrected chi connectivity index (χ2v) is 7.81. The third kappa shape index (κ3) is 2.77. The molecule has 2 aromatic heterocycles. The van der Waals surface area contributed by atoms with Crippen molar-refractivity contribution in [1.29, 1.82) is 0 Å². The standard InChI is InChI=1S/C20H23N5O2/c21-20(9-3-4-10-20)19-23-17(27-24-19)13-7-8-14-15(12-13)22-16-6-2-1-5-11-25(16)18(14)26/h7-8,12H,1-6,9-11,21H2. The maximum absolute atomic E-state index is 12.8. The Kier molecular flexibility index (Phi) is 3.86. The minimum Gasteiger partial charge on any atom is -0.334 e. The van der Waals surface area contributed by atoms with E-state index in [1.165, 1.54) is 0 Å². The first-order chi connectivity index (χ1) is 13.1. The second kappa shape index (κ2) is 6.27. The monoisotopic (exact) mass is 365 g/mol. The fraction of sp³-hybridized carbons (Fsp3) is 0.500. The van der Waals surface area contributed by atoms with Gasteiger partial charge in [-0.15, -0.1) is 0 Å². The van der Waals surface area contributed by atoms with Gasteiger partial charge in [0.05, 0.1) is 16.4 Å². The Hall–Kier alpha value is -2.54. The normalized spacial score (nSPS) is 19.1. The summed E-state index contributed by atoms with van der Waals surface area (Å²) < 4.78 is 7.32. The van der Waals surface area contributed by atoms with Crippen molar-refractivity contribution in [3.63, 3.8) is 0 Å². The van der Waals surface area contributed by atoms with Crippen molar-refractivity contribution in [1.82, 2.24) is 19.7 Å². The molecule has 140 valence electrons. The number of aromatic nitrogens is 4. The lowest BCUT2D eigenvalue weighted by Crippen LogP contribution is -2.34. The number of fused-ring (bicyclic) bond motifs is 2. The van der Waals surface area contributed by atoms with Crippen molar-refractivity contribution in [2.75, 3.05) is 0 Å². The number of aryl methyl sites for hydroxylation is 1. The molecule has 2 aliphatic rings. The van der Waals surface area contributed by atoms with Gasteiger partial charge in [0, 0.05) is 18.5 Å². The molecule has 1 aliphatic carbocycles. The van der Waals surface area contributed by atoms with Crippen molar-refractivity contribution in [3.05, 3.63) is 40.2 Å². The van der Waals surface area contributed by atoms with Gasteiger partial charge in [-0.3, -0.25) is 9.36 Å². The van der Waals surface area contributed by atoms with Gasteiger partial charge in [-0.1, -0.05) is 24.4 Å².